The van der Waals surface area contributed by atoms with Crippen LogP contribution < -0.4 is 0 Å². The molecule has 0 aliphatic heterocycles. The van der Waals surface area contributed by atoms with Crippen molar-refractivity contribution >= 4 is 15.9 Å². The second-order valence-electron chi connectivity index (χ2n) is 5.21. The standard InChI is InChI=1S/C15H21Br/c1-11(10-12(2)16)13-6-8-15(9-7-13)14-4-3-5-14/h6-9,11-12,14H,3-5,10H2,1-2H3. The largest absolute Gasteiger partial charge is 0.0893 e. The van der Waals surface area contributed by atoms with E-state index in [9.17, 15) is 0 Å². The number of benzene rings is 1. The first-order valence-corrected chi connectivity index (χ1v) is 7.32. The van der Waals surface area contributed by atoms with Crippen molar-refractivity contribution in [3.05, 3.63) is 35.4 Å². The molecule has 0 heterocycles. The van der Waals surface area contributed by atoms with Gasteiger partial charge in [-0.1, -0.05) is 60.5 Å². The molecule has 0 nitrogen and oxygen atoms in total. The fourth-order valence-corrected chi connectivity index (χ4v) is 3.02. The van der Waals surface area contributed by atoms with E-state index < -0.39 is 0 Å². The number of halogens is 1. The van der Waals surface area contributed by atoms with Crippen molar-refractivity contribution in [3.63, 3.8) is 0 Å². The van der Waals surface area contributed by atoms with Crippen molar-refractivity contribution in [2.45, 2.75) is 56.2 Å². The van der Waals surface area contributed by atoms with Crippen molar-refractivity contribution in [3.8, 4) is 0 Å². The fourth-order valence-electron chi connectivity index (χ4n) is 2.46. The minimum atomic E-state index is 0.605. The molecule has 0 saturated heterocycles. The van der Waals surface area contributed by atoms with Crippen molar-refractivity contribution in [1.29, 1.82) is 0 Å². The van der Waals surface area contributed by atoms with Gasteiger partial charge < -0.3 is 0 Å². The van der Waals surface area contributed by atoms with Crippen LogP contribution in [-0.2, 0) is 0 Å². The lowest BCUT2D eigenvalue weighted by atomic mass is 9.79. The maximum Gasteiger partial charge on any atom is 0.0123 e. The summed E-state index contributed by atoms with van der Waals surface area (Å²) in [5, 5.41) is 0. The van der Waals surface area contributed by atoms with Crippen LogP contribution in [0.2, 0.25) is 0 Å². The number of hydrogen-bond donors (Lipinski definition) is 0. The first kappa shape index (κ1) is 12.2. The Kier molecular flexibility index (Phi) is 4.07. The third-order valence-corrected chi connectivity index (χ3v) is 4.13. The third kappa shape index (κ3) is 2.88. The summed E-state index contributed by atoms with van der Waals surface area (Å²) in [7, 11) is 0. The summed E-state index contributed by atoms with van der Waals surface area (Å²) in [5.74, 6) is 1.52. The lowest BCUT2D eigenvalue weighted by molar-refractivity contribution is 0.419. The van der Waals surface area contributed by atoms with Gasteiger partial charge in [-0.2, -0.15) is 0 Å². The lowest BCUT2D eigenvalue weighted by Gasteiger charge is -2.26. The molecule has 88 valence electrons. The van der Waals surface area contributed by atoms with Gasteiger partial charge in [-0.25, -0.2) is 0 Å². The molecule has 0 radical (unpaired) electrons. The van der Waals surface area contributed by atoms with Crippen LogP contribution in [0.4, 0.5) is 0 Å². The molecule has 0 bridgehead atoms. The Morgan fingerprint density at radius 3 is 2.25 bits per heavy atom. The molecule has 2 unspecified atom stereocenters. The molecule has 1 heteroatoms. The van der Waals surface area contributed by atoms with Crippen LogP contribution in [0.5, 0.6) is 0 Å². The quantitative estimate of drug-likeness (QED) is 0.663. The van der Waals surface area contributed by atoms with Crippen molar-refractivity contribution in [2.24, 2.45) is 0 Å². The third-order valence-electron chi connectivity index (χ3n) is 3.76. The Morgan fingerprint density at radius 1 is 1.19 bits per heavy atom. The molecule has 1 aliphatic rings. The maximum atomic E-state index is 3.63. The van der Waals surface area contributed by atoms with E-state index >= 15 is 0 Å². The highest BCUT2D eigenvalue weighted by Crippen LogP contribution is 2.36. The fraction of sp³-hybridized carbons (Fsp3) is 0.600. The first-order valence-electron chi connectivity index (χ1n) is 6.40. The van der Waals surface area contributed by atoms with Gasteiger partial charge in [0.15, 0.2) is 0 Å². The van der Waals surface area contributed by atoms with Crippen LogP contribution in [0, 0.1) is 0 Å². The monoisotopic (exact) mass is 280 g/mol. The molecule has 0 spiro atoms. The van der Waals surface area contributed by atoms with Crippen LogP contribution in [0.3, 0.4) is 0 Å². The normalized spacial score (nSPS) is 20.2. The van der Waals surface area contributed by atoms with Crippen LogP contribution in [0.1, 0.15) is 62.5 Å². The zero-order chi connectivity index (χ0) is 11.5. The number of rotatable bonds is 4. The van der Waals surface area contributed by atoms with Crippen LogP contribution in [0.15, 0.2) is 24.3 Å². The summed E-state index contributed by atoms with van der Waals surface area (Å²) < 4.78 is 0. The highest BCUT2D eigenvalue weighted by atomic mass is 79.9. The van der Waals surface area contributed by atoms with Crippen LogP contribution in [0.25, 0.3) is 0 Å². The molecule has 2 atom stereocenters. The van der Waals surface area contributed by atoms with Gasteiger partial charge in [-0.05, 0) is 42.2 Å². The van der Waals surface area contributed by atoms with Gasteiger partial charge in [0.25, 0.3) is 0 Å². The number of hydrogen-bond acceptors (Lipinski definition) is 0. The molecular formula is C15H21Br. The predicted molar refractivity (Wildman–Crippen MR) is 74.5 cm³/mol. The van der Waals surface area contributed by atoms with E-state index in [4.69, 9.17) is 0 Å². The second-order valence-corrected chi connectivity index (χ2v) is 6.78. The van der Waals surface area contributed by atoms with Crippen molar-refractivity contribution in [2.75, 3.05) is 0 Å². The molecule has 0 amide bonds. The molecule has 1 fully saturated rings. The SMILES string of the molecule is CC(Br)CC(C)c1ccc(C2CCC2)cc1. The summed E-state index contributed by atoms with van der Waals surface area (Å²) >= 11 is 3.63. The van der Waals surface area contributed by atoms with E-state index in [1.165, 1.54) is 31.2 Å². The molecule has 1 saturated carbocycles. The van der Waals surface area contributed by atoms with Gasteiger partial charge in [0.05, 0.1) is 0 Å². The van der Waals surface area contributed by atoms with Gasteiger partial charge in [0.1, 0.15) is 0 Å². The molecular weight excluding hydrogens is 260 g/mol. The average Bonchev–Trinajstić information content (AvgIpc) is 2.15. The molecule has 0 aromatic heterocycles. The Balaban J connectivity index is 2.00. The highest BCUT2D eigenvalue weighted by Gasteiger charge is 2.19. The van der Waals surface area contributed by atoms with Gasteiger partial charge >= 0.3 is 0 Å². The Labute approximate surface area is 108 Å². The van der Waals surface area contributed by atoms with Crippen molar-refractivity contribution in [1.82, 2.24) is 0 Å². The van der Waals surface area contributed by atoms with E-state index in [1.807, 2.05) is 0 Å². The van der Waals surface area contributed by atoms with Crippen LogP contribution >= 0.6 is 15.9 Å². The first-order chi connectivity index (χ1) is 7.66. The van der Waals surface area contributed by atoms with Crippen LogP contribution in [-0.4, -0.2) is 4.83 Å². The van der Waals surface area contributed by atoms with Gasteiger partial charge in [-0.15, -0.1) is 0 Å². The van der Waals surface area contributed by atoms with Crippen molar-refractivity contribution < 1.29 is 0 Å². The summed E-state index contributed by atoms with van der Waals surface area (Å²) in [6, 6.07) is 9.34. The minimum Gasteiger partial charge on any atom is -0.0893 e. The zero-order valence-electron chi connectivity index (χ0n) is 10.2. The molecule has 1 aromatic carbocycles. The van der Waals surface area contributed by atoms with Gasteiger partial charge in [0.2, 0.25) is 0 Å². The minimum absolute atomic E-state index is 0.605. The second kappa shape index (κ2) is 5.35. The predicted octanol–water partition coefficient (Wildman–Crippen LogP) is 5.23. The zero-order valence-corrected chi connectivity index (χ0v) is 11.8. The summed E-state index contributed by atoms with van der Waals surface area (Å²) in [5.41, 5.74) is 3.03. The topological polar surface area (TPSA) is 0 Å². The summed E-state index contributed by atoms with van der Waals surface area (Å²) in [6.07, 6.45) is 5.42. The molecule has 1 aliphatic carbocycles. The molecule has 2 rings (SSSR count). The smallest absolute Gasteiger partial charge is 0.0123 e. The molecule has 1 aromatic rings. The Morgan fingerprint density at radius 2 is 1.81 bits per heavy atom. The van der Waals surface area contributed by atoms with E-state index in [0.29, 0.717) is 10.7 Å². The molecule has 16 heavy (non-hydrogen) atoms. The number of alkyl halides is 1. The van der Waals surface area contributed by atoms with Gasteiger partial charge in [0, 0.05) is 4.83 Å². The van der Waals surface area contributed by atoms with Gasteiger partial charge in [-0.3, -0.25) is 0 Å². The summed E-state index contributed by atoms with van der Waals surface area (Å²) in [4.78, 5) is 0.605. The summed E-state index contributed by atoms with van der Waals surface area (Å²) in [6.45, 7) is 4.54. The Hall–Kier alpha value is -0.300. The van der Waals surface area contributed by atoms with E-state index in [2.05, 4.69) is 54.0 Å². The van der Waals surface area contributed by atoms with E-state index in [0.717, 1.165) is 5.92 Å². The van der Waals surface area contributed by atoms with E-state index in [1.54, 1.807) is 5.56 Å². The Bertz CT molecular complexity index is 322. The average molecular weight is 281 g/mol. The van der Waals surface area contributed by atoms with E-state index in [-0.39, 0.29) is 0 Å². The molecule has 0 N–H and O–H groups in total. The maximum absolute atomic E-state index is 3.63. The highest BCUT2D eigenvalue weighted by molar-refractivity contribution is 9.09. The lowest BCUT2D eigenvalue weighted by Crippen LogP contribution is -2.08.